The first-order chi connectivity index (χ1) is 11.2. The molecular formula is C17H20Cl3NO3. The van der Waals surface area contributed by atoms with Crippen molar-refractivity contribution in [3.63, 3.8) is 0 Å². The second-order valence-electron chi connectivity index (χ2n) is 4.87. The first kappa shape index (κ1) is 20.9. The van der Waals surface area contributed by atoms with Gasteiger partial charge in [-0.3, -0.25) is 0 Å². The van der Waals surface area contributed by atoms with Crippen molar-refractivity contribution in [2.75, 3.05) is 20.3 Å². The van der Waals surface area contributed by atoms with Gasteiger partial charge in [0.15, 0.2) is 11.5 Å². The van der Waals surface area contributed by atoms with E-state index in [0.717, 1.165) is 11.1 Å². The highest BCUT2D eigenvalue weighted by molar-refractivity contribution is 6.35. The van der Waals surface area contributed by atoms with Gasteiger partial charge < -0.3 is 19.9 Å². The Balaban J connectivity index is 0.00000288. The highest BCUT2D eigenvalue weighted by Gasteiger charge is 2.10. The number of methoxy groups -OCH3 is 1. The average molecular weight is 393 g/mol. The molecule has 0 radical (unpaired) electrons. The standard InChI is InChI=1S/C17H19Cl2NO3.ClH/c1-22-17-9-12(10-20-7-8-21)5-6-16(17)23-11-13-14(18)3-2-4-15(13)19;/h2-6,9,20-21H,7-8,10-11H2,1H3;1H. The number of nitrogens with one attached hydrogen (secondary N) is 1. The Kier molecular flexibility index (Phi) is 9.26. The average Bonchev–Trinajstić information content (AvgIpc) is 2.55. The molecule has 0 heterocycles. The molecule has 7 heteroatoms. The summed E-state index contributed by atoms with van der Waals surface area (Å²) in [5, 5.41) is 13.0. The summed E-state index contributed by atoms with van der Waals surface area (Å²) in [5.74, 6) is 1.26. The quantitative estimate of drug-likeness (QED) is 0.665. The maximum Gasteiger partial charge on any atom is 0.161 e. The van der Waals surface area contributed by atoms with E-state index < -0.39 is 0 Å². The van der Waals surface area contributed by atoms with Crippen molar-refractivity contribution < 1.29 is 14.6 Å². The Labute approximate surface area is 158 Å². The zero-order valence-electron chi connectivity index (χ0n) is 13.2. The van der Waals surface area contributed by atoms with Crippen LogP contribution < -0.4 is 14.8 Å². The minimum atomic E-state index is 0. The van der Waals surface area contributed by atoms with E-state index in [1.165, 1.54) is 0 Å². The molecule has 2 aromatic carbocycles. The number of ether oxygens (including phenoxy) is 2. The lowest BCUT2D eigenvalue weighted by molar-refractivity contribution is 0.284. The molecule has 0 unspecified atom stereocenters. The lowest BCUT2D eigenvalue weighted by atomic mass is 10.2. The molecule has 2 N–H and O–H groups in total. The van der Waals surface area contributed by atoms with Gasteiger partial charge in [-0.05, 0) is 29.8 Å². The highest BCUT2D eigenvalue weighted by atomic mass is 35.5. The zero-order chi connectivity index (χ0) is 16.7. The van der Waals surface area contributed by atoms with E-state index in [1.807, 2.05) is 18.2 Å². The lowest BCUT2D eigenvalue weighted by Gasteiger charge is -2.14. The van der Waals surface area contributed by atoms with Crippen LogP contribution in [0, 0.1) is 0 Å². The Hall–Kier alpha value is -1.17. The minimum absolute atomic E-state index is 0. The number of aliphatic hydroxyl groups excluding tert-OH is 1. The Morgan fingerprint density at radius 1 is 1.08 bits per heavy atom. The highest BCUT2D eigenvalue weighted by Crippen LogP contribution is 2.31. The van der Waals surface area contributed by atoms with E-state index in [-0.39, 0.29) is 25.6 Å². The number of hydrogen-bond donors (Lipinski definition) is 2. The maximum atomic E-state index is 8.78. The third-order valence-electron chi connectivity index (χ3n) is 3.28. The molecule has 0 saturated carbocycles. The van der Waals surface area contributed by atoms with Crippen LogP contribution in [0.3, 0.4) is 0 Å². The number of halogens is 3. The fraction of sp³-hybridized carbons (Fsp3) is 0.294. The molecule has 0 aliphatic heterocycles. The molecule has 0 saturated heterocycles. The van der Waals surface area contributed by atoms with Gasteiger partial charge in [-0.1, -0.05) is 35.3 Å². The minimum Gasteiger partial charge on any atom is -0.493 e. The first-order valence-electron chi connectivity index (χ1n) is 7.20. The van der Waals surface area contributed by atoms with Gasteiger partial charge in [0.05, 0.1) is 13.7 Å². The number of benzene rings is 2. The third kappa shape index (κ3) is 5.72. The second kappa shape index (κ2) is 10.6. The van der Waals surface area contributed by atoms with Crippen LogP contribution in [0.2, 0.25) is 10.0 Å². The summed E-state index contributed by atoms with van der Waals surface area (Å²) < 4.78 is 11.2. The molecule has 0 spiro atoms. The van der Waals surface area contributed by atoms with Gasteiger partial charge in [0.25, 0.3) is 0 Å². The lowest BCUT2D eigenvalue weighted by Crippen LogP contribution is -2.17. The summed E-state index contributed by atoms with van der Waals surface area (Å²) in [6.07, 6.45) is 0. The Morgan fingerprint density at radius 2 is 1.79 bits per heavy atom. The topological polar surface area (TPSA) is 50.7 Å². The van der Waals surface area contributed by atoms with E-state index in [4.69, 9.17) is 37.8 Å². The van der Waals surface area contributed by atoms with Crippen molar-refractivity contribution in [3.8, 4) is 11.5 Å². The molecule has 132 valence electrons. The van der Waals surface area contributed by atoms with E-state index in [1.54, 1.807) is 25.3 Å². The van der Waals surface area contributed by atoms with Crippen LogP contribution in [0.4, 0.5) is 0 Å². The predicted octanol–water partition coefficient (Wildman–Crippen LogP) is 4.08. The second-order valence-corrected chi connectivity index (χ2v) is 5.69. The van der Waals surface area contributed by atoms with E-state index >= 15 is 0 Å². The van der Waals surface area contributed by atoms with Gasteiger partial charge in [-0.25, -0.2) is 0 Å². The zero-order valence-corrected chi connectivity index (χ0v) is 15.5. The van der Waals surface area contributed by atoms with Gasteiger partial charge in [-0.2, -0.15) is 0 Å². The first-order valence-corrected chi connectivity index (χ1v) is 7.95. The third-order valence-corrected chi connectivity index (χ3v) is 3.99. The molecule has 2 aromatic rings. The van der Waals surface area contributed by atoms with Crippen LogP contribution in [0.15, 0.2) is 36.4 Å². The number of rotatable bonds is 8. The summed E-state index contributed by atoms with van der Waals surface area (Å²) >= 11 is 12.3. The summed E-state index contributed by atoms with van der Waals surface area (Å²) in [5.41, 5.74) is 1.78. The molecule has 0 aliphatic rings. The van der Waals surface area contributed by atoms with Crippen LogP contribution in [0.5, 0.6) is 11.5 Å². The monoisotopic (exact) mass is 391 g/mol. The molecular weight excluding hydrogens is 373 g/mol. The summed E-state index contributed by atoms with van der Waals surface area (Å²) in [6.45, 7) is 1.56. The summed E-state index contributed by atoms with van der Waals surface area (Å²) in [7, 11) is 1.59. The fourth-order valence-corrected chi connectivity index (χ4v) is 2.58. The predicted molar refractivity (Wildman–Crippen MR) is 99.8 cm³/mol. The molecule has 0 aromatic heterocycles. The van der Waals surface area contributed by atoms with E-state index in [2.05, 4.69) is 5.32 Å². The van der Waals surface area contributed by atoms with Gasteiger partial charge in [-0.15, -0.1) is 12.4 Å². The van der Waals surface area contributed by atoms with Gasteiger partial charge >= 0.3 is 0 Å². The molecule has 24 heavy (non-hydrogen) atoms. The van der Waals surface area contributed by atoms with Crippen molar-refractivity contribution in [2.45, 2.75) is 13.2 Å². The summed E-state index contributed by atoms with van der Waals surface area (Å²) in [6, 6.07) is 11.0. The molecule has 2 rings (SSSR count). The SMILES string of the molecule is COc1cc(CNCCO)ccc1OCc1c(Cl)cccc1Cl.Cl. The number of hydrogen-bond acceptors (Lipinski definition) is 4. The fourth-order valence-electron chi connectivity index (χ4n) is 2.07. The van der Waals surface area contributed by atoms with Crippen molar-refractivity contribution in [1.82, 2.24) is 5.32 Å². The van der Waals surface area contributed by atoms with Gasteiger partial charge in [0.2, 0.25) is 0 Å². The molecule has 0 aliphatic carbocycles. The molecule has 0 amide bonds. The van der Waals surface area contributed by atoms with E-state index in [9.17, 15) is 0 Å². The molecule has 0 fully saturated rings. The smallest absolute Gasteiger partial charge is 0.161 e. The van der Waals surface area contributed by atoms with E-state index in [0.29, 0.717) is 34.6 Å². The van der Waals surface area contributed by atoms with Crippen LogP contribution in [0.25, 0.3) is 0 Å². The van der Waals surface area contributed by atoms with Gasteiger partial charge in [0, 0.05) is 28.7 Å². The van der Waals surface area contributed by atoms with Crippen LogP contribution in [0.1, 0.15) is 11.1 Å². The van der Waals surface area contributed by atoms with Gasteiger partial charge in [0.1, 0.15) is 6.61 Å². The van der Waals surface area contributed by atoms with Crippen molar-refractivity contribution in [3.05, 3.63) is 57.6 Å². The normalized spacial score (nSPS) is 10.2. The largest absolute Gasteiger partial charge is 0.493 e. The Morgan fingerprint density at radius 3 is 2.42 bits per heavy atom. The van der Waals surface area contributed by atoms with Crippen LogP contribution in [-0.2, 0) is 13.2 Å². The van der Waals surface area contributed by atoms with Crippen LogP contribution in [-0.4, -0.2) is 25.4 Å². The van der Waals surface area contributed by atoms with Crippen molar-refractivity contribution in [2.24, 2.45) is 0 Å². The molecule has 4 nitrogen and oxygen atoms in total. The summed E-state index contributed by atoms with van der Waals surface area (Å²) in [4.78, 5) is 0. The molecule has 0 bridgehead atoms. The maximum absolute atomic E-state index is 8.78. The number of aliphatic hydroxyl groups is 1. The van der Waals surface area contributed by atoms with Crippen LogP contribution >= 0.6 is 35.6 Å². The Bertz CT molecular complexity index is 633. The van der Waals surface area contributed by atoms with Crippen molar-refractivity contribution in [1.29, 1.82) is 0 Å². The van der Waals surface area contributed by atoms with Crippen molar-refractivity contribution >= 4 is 35.6 Å². The molecule has 0 atom stereocenters.